The first kappa shape index (κ1) is 19.0. The lowest BCUT2D eigenvalue weighted by Gasteiger charge is -2.13. The molecule has 0 saturated heterocycles. The molecule has 8 heteroatoms. The monoisotopic (exact) mass is 386 g/mol. The summed E-state index contributed by atoms with van der Waals surface area (Å²) < 4.78 is 3.16. The van der Waals surface area contributed by atoms with E-state index in [1.807, 2.05) is 13.8 Å². The van der Waals surface area contributed by atoms with E-state index in [9.17, 15) is 14.7 Å². The summed E-state index contributed by atoms with van der Waals surface area (Å²) in [4.78, 5) is 29.4. The molecule has 1 amide bonds. The van der Waals surface area contributed by atoms with E-state index in [2.05, 4.69) is 10.3 Å². The largest absolute Gasteiger partial charge is 0.494 e. The van der Waals surface area contributed by atoms with Gasteiger partial charge in [-0.2, -0.15) is 0 Å². The van der Waals surface area contributed by atoms with Crippen molar-refractivity contribution in [1.29, 1.82) is 0 Å². The van der Waals surface area contributed by atoms with Crippen LogP contribution in [0.3, 0.4) is 0 Å². The fraction of sp³-hybridized carbons (Fsp3) is 0.368. The zero-order chi connectivity index (χ0) is 19.6. The molecule has 0 atom stereocenters. The normalized spacial score (nSPS) is 13.9. The van der Waals surface area contributed by atoms with Crippen molar-refractivity contribution >= 4 is 30.0 Å². The molecule has 142 valence electrons. The average Bonchev–Trinajstić information content (AvgIpc) is 3.46. The average molecular weight is 386 g/mol. The zero-order valence-electron chi connectivity index (χ0n) is 15.3. The van der Waals surface area contributed by atoms with Crippen molar-refractivity contribution < 1.29 is 9.90 Å². The molecule has 3 rings (SSSR count). The summed E-state index contributed by atoms with van der Waals surface area (Å²) in [5.74, 6) is -0.411. The van der Waals surface area contributed by atoms with E-state index in [0.717, 1.165) is 12.8 Å². The molecular weight excluding hydrogens is 364 g/mol. The van der Waals surface area contributed by atoms with E-state index >= 15 is 0 Å². The van der Waals surface area contributed by atoms with Crippen LogP contribution < -0.4 is 10.9 Å². The molecule has 0 unspecified atom stereocenters. The highest BCUT2D eigenvalue weighted by Crippen LogP contribution is 2.23. The summed E-state index contributed by atoms with van der Waals surface area (Å²) in [5.41, 5.74) is 0.500. The third kappa shape index (κ3) is 3.85. The number of hydrogen-bond donors (Lipinski definition) is 2. The maximum atomic E-state index is 12.7. The first-order valence-electron chi connectivity index (χ1n) is 8.98. The maximum absolute atomic E-state index is 12.7. The second-order valence-electron chi connectivity index (χ2n) is 6.34. The Bertz CT molecular complexity index is 1020. The van der Waals surface area contributed by atoms with Crippen LogP contribution in [0.1, 0.15) is 42.6 Å². The van der Waals surface area contributed by atoms with Crippen molar-refractivity contribution in [2.75, 3.05) is 0 Å². The van der Waals surface area contributed by atoms with Gasteiger partial charge in [0.1, 0.15) is 5.56 Å². The smallest absolute Gasteiger partial charge is 0.267 e. The van der Waals surface area contributed by atoms with Gasteiger partial charge in [0.05, 0.1) is 11.3 Å². The lowest BCUT2D eigenvalue weighted by atomic mass is 10.1. The molecule has 0 spiro atoms. The molecular formula is C19H22N4O3S. The molecule has 27 heavy (non-hydrogen) atoms. The Morgan fingerprint density at radius 3 is 2.59 bits per heavy atom. The second-order valence-corrected chi connectivity index (χ2v) is 6.70. The van der Waals surface area contributed by atoms with Crippen LogP contribution in [-0.2, 0) is 13.1 Å². The van der Waals surface area contributed by atoms with Gasteiger partial charge in [0.25, 0.3) is 11.5 Å². The first-order valence-corrected chi connectivity index (χ1v) is 9.39. The minimum Gasteiger partial charge on any atom is -0.494 e. The molecule has 0 bridgehead atoms. The Morgan fingerprint density at radius 1 is 1.30 bits per heavy atom. The highest BCUT2D eigenvalue weighted by molar-refractivity contribution is 7.71. The minimum atomic E-state index is -0.409. The predicted octanol–water partition coefficient (Wildman–Crippen LogP) is 2.77. The van der Waals surface area contributed by atoms with Crippen LogP contribution in [0, 0.1) is 4.77 Å². The van der Waals surface area contributed by atoms with Crippen molar-refractivity contribution in [1.82, 2.24) is 14.5 Å². The van der Waals surface area contributed by atoms with Gasteiger partial charge >= 0.3 is 0 Å². The quantitative estimate of drug-likeness (QED) is 0.590. The summed E-state index contributed by atoms with van der Waals surface area (Å²) in [6, 6.07) is 7.15. The standard InChI is InChI=1S/C19H22N4O3S/c1-3-22-17(25)14(18(26)23(4-2)19(22)27)11-20-15-8-6-5-7-13(15)16(24)21-12-9-10-12/h5-8,11-12,25H,3-4,9-10H2,1-2H3,(H,21,24). The molecule has 7 nitrogen and oxygen atoms in total. The van der Waals surface area contributed by atoms with Gasteiger partial charge in [-0.15, -0.1) is 0 Å². The summed E-state index contributed by atoms with van der Waals surface area (Å²) >= 11 is 5.27. The second kappa shape index (κ2) is 7.87. The van der Waals surface area contributed by atoms with Crippen molar-refractivity contribution in [2.24, 2.45) is 4.99 Å². The van der Waals surface area contributed by atoms with Crippen LogP contribution >= 0.6 is 12.2 Å². The van der Waals surface area contributed by atoms with Crippen LogP contribution in [0.2, 0.25) is 0 Å². The molecule has 1 aliphatic rings. The Labute approximate surface area is 162 Å². The Balaban J connectivity index is 2.03. The highest BCUT2D eigenvalue weighted by Gasteiger charge is 2.24. The number of rotatable bonds is 6. The van der Waals surface area contributed by atoms with E-state index < -0.39 is 5.56 Å². The minimum absolute atomic E-state index is 0.0460. The van der Waals surface area contributed by atoms with Gasteiger partial charge in [-0.25, -0.2) is 0 Å². The van der Waals surface area contributed by atoms with Crippen LogP contribution in [0.25, 0.3) is 0 Å². The number of amides is 1. The summed E-state index contributed by atoms with van der Waals surface area (Å²) in [6.45, 7) is 4.45. The molecule has 1 aliphatic carbocycles. The number of nitrogens with one attached hydrogen (secondary N) is 1. The number of hydrogen-bond acceptors (Lipinski definition) is 5. The zero-order valence-corrected chi connectivity index (χ0v) is 16.1. The number of carbonyl (C=O) groups is 1. The van der Waals surface area contributed by atoms with Gasteiger partial charge in [-0.1, -0.05) is 12.1 Å². The van der Waals surface area contributed by atoms with Crippen LogP contribution in [-0.4, -0.2) is 32.4 Å². The van der Waals surface area contributed by atoms with E-state index in [-0.39, 0.29) is 28.2 Å². The molecule has 1 fully saturated rings. The summed E-state index contributed by atoms with van der Waals surface area (Å²) in [7, 11) is 0. The lowest BCUT2D eigenvalue weighted by molar-refractivity contribution is 0.0952. The van der Waals surface area contributed by atoms with Crippen molar-refractivity contribution in [3.8, 4) is 5.88 Å². The van der Waals surface area contributed by atoms with Gasteiger partial charge < -0.3 is 10.4 Å². The van der Waals surface area contributed by atoms with Crippen LogP contribution in [0.5, 0.6) is 5.88 Å². The van der Waals surface area contributed by atoms with Crippen LogP contribution in [0.15, 0.2) is 34.1 Å². The fourth-order valence-electron chi connectivity index (χ4n) is 2.79. The number of aromatic hydroxyl groups is 1. The predicted molar refractivity (Wildman–Crippen MR) is 107 cm³/mol. The van der Waals surface area contributed by atoms with Gasteiger partial charge in [-0.3, -0.25) is 23.7 Å². The van der Waals surface area contributed by atoms with Gasteiger partial charge in [0.15, 0.2) is 4.77 Å². The SMILES string of the molecule is CCn1c(O)c(C=Nc2ccccc2C(=O)NC2CC2)c(=O)n(CC)c1=S. The maximum Gasteiger partial charge on any atom is 0.267 e. The molecule has 2 N–H and O–H groups in total. The Hall–Kier alpha value is -2.74. The number of benzene rings is 1. The Morgan fingerprint density at radius 2 is 1.96 bits per heavy atom. The van der Waals surface area contributed by atoms with Gasteiger partial charge in [-0.05, 0) is 51.0 Å². The topological polar surface area (TPSA) is 88.6 Å². The lowest BCUT2D eigenvalue weighted by Crippen LogP contribution is -2.28. The third-order valence-corrected chi connectivity index (χ3v) is 4.90. The van der Waals surface area contributed by atoms with E-state index in [1.165, 1.54) is 15.3 Å². The van der Waals surface area contributed by atoms with E-state index in [4.69, 9.17) is 12.2 Å². The van der Waals surface area contributed by atoms with E-state index in [0.29, 0.717) is 24.3 Å². The fourth-order valence-corrected chi connectivity index (χ4v) is 3.22. The van der Waals surface area contributed by atoms with Crippen molar-refractivity contribution in [2.45, 2.75) is 45.8 Å². The summed E-state index contributed by atoms with van der Waals surface area (Å²) in [5, 5.41) is 13.4. The number of nitrogens with zero attached hydrogens (tertiary/aromatic N) is 3. The van der Waals surface area contributed by atoms with E-state index in [1.54, 1.807) is 24.3 Å². The molecule has 1 aromatic carbocycles. The molecule has 1 saturated carbocycles. The van der Waals surface area contributed by atoms with Gasteiger partial charge in [0, 0.05) is 25.3 Å². The van der Waals surface area contributed by atoms with Crippen molar-refractivity contribution in [3.05, 3.63) is 50.5 Å². The van der Waals surface area contributed by atoms with Crippen molar-refractivity contribution in [3.63, 3.8) is 0 Å². The highest BCUT2D eigenvalue weighted by atomic mass is 32.1. The third-order valence-electron chi connectivity index (χ3n) is 4.46. The molecule has 0 aliphatic heterocycles. The molecule has 0 radical (unpaired) electrons. The molecule has 1 aromatic heterocycles. The van der Waals surface area contributed by atoms with Gasteiger partial charge in [0.2, 0.25) is 5.88 Å². The number of carbonyl (C=O) groups excluding carboxylic acids is 1. The molecule has 1 heterocycles. The Kier molecular flexibility index (Phi) is 5.55. The summed E-state index contributed by atoms with van der Waals surface area (Å²) in [6.07, 6.45) is 3.28. The number of aliphatic imine (C=N–C) groups is 1. The van der Waals surface area contributed by atoms with Crippen LogP contribution in [0.4, 0.5) is 5.69 Å². The molecule has 2 aromatic rings. The first-order chi connectivity index (χ1) is 13.0. The number of aromatic nitrogens is 2. The number of para-hydroxylation sites is 1.